The Morgan fingerprint density at radius 2 is 1.22 bits per heavy atom. The molecule has 0 aliphatic carbocycles. The van der Waals surface area contributed by atoms with Gasteiger partial charge < -0.3 is 4.57 Å². The lowest BCUT2D eigenvalue weighted by atomic mass is 9.98. The van der Waals surface area contributed by atoms with Crippen molar-refractivity contribution in [2.75, 3.05) is 6.54 Å². The fraction of sp³-hybridized carbons (Fsp3) is 0.0968. The van der Waals surface area contributed by atoms with Gasteiger partial charge in [-0.1, -0.05) is 84.4 Å². The van der Waals surface area contributed by atoms with Crippen LogP contribution in [0.1, 0.15) is 43.6 Å². The van der Waals surface area contributed by atoms with Gasteiger partial charge in [0.15, 0.2) is 0 Å². The van der Waals surface area contributed by atoms with Crippen LogP contribution in [-0.4, -0.2) is 27.8 Å². The van der Waals surface area contributed by atoms with Gasteiger partial charge in [-0.3, -0.25) is 14.5 Å². The number of fused-ring (bicyclic) bond motifs is 2. The number of hydrogen-bond donors (Lipinski definition) is 0. The quantitative estimate of drug-likeness (QED) is 0.246. The number of benzene rings is 4. The molecular formula is C31H23ClN2O2. The summed E-state index contributed by atoms with van der Waals surface area (Å²) in [5, 5.41) is 1.69. The second-order valence-corrected chi connectivity index (χ2v) is 9.43. The molecular weight excluding hydrogens is 468 g/mol. The number of carbonyl (C=O) groups is 2. The van der Waals surface area contributed by atoms with Crippen molar-refractivity contribution in [3.05, 3.63) is 142 Å². The normalized spacial score (nSPS) is 13.1. The maximum Gasteiger partial charge on any atom is 0.261 e. The van der Waals surface area contributed by atoms with E-state index < -0.39 is 0 Å². The first-order chi connectivity index (χ1) is 17.6. The van der Waals surface area contributed by atoms with Crippen molar-refractivity contribution < 1.29 is 9.59 Å². The molecule has 36 heavy (non-hydrogen) atoms. The van der Waals surface area contributed by atoms with Gasteiger partial charge in [0.1, 0.15) is 0 Å². The summed E-state index contributed by atoms with van der Waals surface area (Å²) >= 11 is 6.36. The van der Waals surface area contributed by atoms with E-state index in [9.17, 15) is 9.59 Å². The molecule has 0 atom stereocenters. The van der Waals surface area contributed by atoms with Crippen LogP contribution in [0.5, 0.6) is 0 Å². The summed E-state index contributed by atoms with van der Waals surface area (Å²) < 4.78 is 2.31. The summed E-state index contributed by atoms with van der Waals surface area (Å²) in [6.07, 6.45) is 0.522. The molecule has 1 aliphatic heterocycles. The Hall–Kier alpha value is -4.15. The Morgan fingerprint density at radius 1 is 0.667 bits per heavy atom. The molecule has 4 aromatic carbocycles. The van der Waals surface area contributed by atoms with Gasteiger partial charge >= 0.3 is 0 Å². The average Bonchev–Trinajstić information content (AvgIpc) is 3.38. The maximum atomic E-state index is 13.0. The molecule has 0 saturated heterocycles. The van der Waals surface area contributed by atoms with Crippen molar-refractivity contribution in [1.82, 2.24) is 9.47 Å². The summed E-state index contributed by atoms with van der Waals surface area (Å²) in [4.78, 5) is 27.3. The van der Waals surface area contributed by atoms with Crippen LogP contribution in [-0.2, 0) is 6.42 Å². The van der Waals surface area contributed by atoms with Crippen LogP contribution in [0, 0.1) is 0 Å². The predicted octanol–water partition coefficient (Wildman–Crippen LogP) is 6.77. The monoisotopic (exact) mass is 490 g/mol. The van der Waals surface area contributed by atoms with Crippen molar-refractivity contribution in [3.8, 4) is 0 Å². The Bertz CT molecular complexity index is 1520. The number of imide groups is 1. The van der Waals surface area contributed by atoms with Crippen LogP contribution in [0.2, 0.25) is 5.02 Å². The van der Waals surface area contributed by atoms with E-state index in [0.717, 1.165) is 27.7 Å². The summed E-state index contributed by atoms with van der Waals surface area (Å²) in [5.74, 6) is -0.465. The molecule has 0 radical (unpaired) electrons. The smallest absolute Gasteiger partial charge is 0.261 e. The molecule has 2 heterocycles. The predicted molar refractivity (Wildman–Crippen MR) is 143 cm³/mol. The van der Waals surface area contributed by atoms with E-state index in [0.29, 0.717) is 29.1 Å². The minimum atomic E-state index is -0.232. The number of nitrogens with zero attached hydrogens (tertiary/aromatic N) is 2. The van der Waals surface area contributed by atoms with E-state index in [1.807, 2.05) is 54.6 Å². The Morgan fingerprint density at radius 3 is 1.81 bits per heavy atom. The summed E-state index contributed by atoms with van der Waals surface area (Å²) in [6.45, 7) is 0.298. The van der Waals surface area contributed by atoms with Crippen molar-refractivity contribution in [2.24, 2.45) is 0 Å². The molecule has 6 rings (SSSR count). The number of halogens is 1. The fourth-order valence-electron chi connectivity index (χ4n) is 5.19. The highest BCUT2D eigenvalue weighted by Crippen LogP contribution is 2.35. The molecule has 1 aromatic heterocycles. The minimum absolute atomic E-state index is 0.0803. The van der Waals surface area contributed by atoms with Gasteiger partial charge in [0.25, 0.3) is 11.8 Å². The van der Waals surface area contributed by atoms with Crippen molar-refractivity contribution in [3.63, 3.8) is 0 Å². The van der Waals surface area contributed by atoms with E-state index in [2.05, 4.69) is 34.9 Å². The van der Waals surface area contributed by atoms with Gasteiger partial charge in [-0.25, -0.2) is 0 Å². The molecule has 2 amide bonds. The highest BCUT2D eigenvalue weighted by Gasteiger charge is 2.35. The van der Waals surface area contributed by atoms with Crippen LogP contribution in [0.15, 0.2) is 109 Å². The van der Waals surface area contributed by atoms with E-state index >= 15 is 0 Å². The summed E-state index contributed by atoms with van der Waals surface area (Å²) in [5.41, 5.74) is 5.33. The number of aromatic nitrogens is 1. The first-order valence-electron chi connectivity index (χ1n) is 12.0. The summed E-state index contributed by atoms with van der Waals surface area (Å²) in [6, 6.07) is 35.7. The first-order valence-corrected chi connectivity index (χ1v) is 12.3. The first kappa shape index (κ1) is 22.3. The highest BCUT2D eigenvalue weighted by molar-refractivity contribution is 6.31. The third-order valence-corrected chi connectivity index (χ3v) is 7.07. The SMILES string of the molecule is O=C1c2ccccc2C(=O)N1CCc1cc2cc(Cl)ccc2n1C(c1ccccc1)c1ccccc1. The lowest BCUT2D eigenvalue weighted by molar-refractivity contribution is 0.0655. The third-order valence-electron chi connectivity index (χ3n) is 6.84. The molecule has 0 fully saturated rings. The molecule has 176 valence electrons. The molecule has 0 unspecified atom stereocenters. The molecule has 1 aliphatic rings. The minimum Gasteiger partial charge on any atom is -0.333 e. The Labute approximate surface area is 214 Å². The zero-order valence-corrected chi connectivity index (χ0v) is 20.2. The van der Waals surface area contributed by atoms with E-state index in [-0.39, 0.29) is 17.9 Å². The van der Waals surface area contributed by atoms with Crippen molar-refractivity contribution >= 4 is 34.3 Å². The van der Waals surface area contributed by atoms with Crippen molar-refractivity contribution in [1.29, 1.82) is 0 Å². The summed E-state index contributed by atoms with van der Waals surface area (Å²) in [7, 11) is 0. The zero-order valence-electron chi connectivity index (χ0n) is 19.5. The molecule has 0 N–H and O–H groups in total. The van der Waals surface area contributed by atoms with Crippen LogP contribution >= 0.6 is 11.6 Å². The van der Waals surface area contributed by atoms with Gasteiger partial charge in [-0.2, -0.15) is 0 Å². The number of carbonyl (C=O) groups excluding carboxylic acids is 2. The lowest BCUT2D eigenvalue weighted by Gasteiger charge is -2.25. The van der Waals surface area contributed by atoms with Crippen LogP contribution in [0.25, 0.3) is 10.9 Å². The molecule has 0 bridgehead atoms. The highest BCUT2D eigenvalue weighted by atomic mass is 35.5. The van der Waals surface area contributed by atoms with Gasteiger partial charge in [-0.15, -0.1) is 0 Å². The van der Waals surface area contributed by atoms with Crippen molar-refractivity contribution in [2.45, 2.75) is 12.5 Å². The van der Waals surface area contributed by atoms with Crippen LogP contribution < -0.4 is 0 Å². The van der Waals surface area contributed by atoms with Crippen LogP contribution in [0.3, 0.4) is 0 Å². The Balaban J connectivity index is 1.45. The standard InChI is InChI=1S/C31H23ClN2O2/c32-24-15-16-28-23(19-24)20-25(17-18-33-30(35)26-13-7-8-14-27(26)31(33)36)34(28)29(21-9-3-1-4-10-21)22-11-5-2-6-12-22/h1-16,19-20,29H,17-18H2. The topological polar surface area (TPSA) is 42.3 Å². The van der Waals surface area contributed by atoms with Gasteiger partial charge in [0.05, 0.1) is 17.2 Å². The maximum absolute atomic E-state index is 13.0. The lowest BCUT2D eigenvalue weighted by Crippen LogP contribution is -2.32. The zero-order chi connectivity index (χ0) is 24.6. The average molecular weight is 491 g/mol. The van der Waals surface area contributed by atoms with Gasteiger partial charge in [0, 0.05) is 34.6 Å². The third kappa shape index (κ3) is 3.80. The van der Waals surface area contributed by atoms with Gasteiger partial charge in [0.2, 0.25) is 0 Å². The van der Waals surface area contributed by atoms with Gasteiger partial charge in [-0.05, 0) is 47.5 Å². The molecule has 0 spiro atoms. The molecule has 4 nitrogen and oxygen atoms in total. The second kappa shape index (κ2) is 9.14. The van der Waals surface area contributed by atoms with Crippen LogP contribution in [0.4, 0.5) is 0 Å². The van der Waals surface area contributed by atoms with E-state index in [1.54, 1.807) is 24.3 Å². The number of rotatable bonds is 6. The molecule has 5 heteroatoms. The second-order valence-electron chi connectivity index (χ2n) is 8.99. The molecule has 0 saturated carbocycles. The number of amides is 2. The van der Waals surface area contributed by atoms with E-state index in [1.165, 1.54) is 4.90 Å². The largest absolute Gasteiger partial charge is 0.333 e. The van der Waals surface area contributed by atoms with E-state index in [4.69, 9.17) is 11.6 Å². The number of hydrogen-bond acceptors (Lipinski definition) is 2. The molecule has 5 aromatic rings. The fourth-order valence-corrected chi connectivity index (χ4v) is 5.37. The Kier molecular flexibility index (Phi) is 5.67.